The van der Waals surface area contributed by atoms with Crippen molar-refractivity contribution in [3.63, 3.8) is 0 Å². The molecule has 108 valence electrons. The van der Waals surface area contributed by atoms with Gasteiger partial charge in [-0.1, -0.05) is 13.3 Å². The van der Waals surface area contributed by atoms with Crippen molar-refractivity contribution in [1.82, 2.24) is 14.6 Å². The molecular weight excluding hydrogens is 252 g/mol. The maximum Gasteiger partial charge on any atom is 0.157 e. The summed E-state index contributed by atoms with van der Waals surface area (Å²) in [5, 5.41) is 14.2. The third-order valence-corrected chi connectivity index (χ3v) is 3.92. The maximum absolute atomic E-state index is 9.80. The van der Waals surface area contributed by atoms with Gasteiger partial charge in [-0.2, -0.15) is 9.61 Å². The highest BCUT2D eigenvalue weighted by atomic mass is 16.3. The van der Waals surface area contributed by atoms with E-state index >= 15 is 0 Å². The largest absolute Gasteiger partial charge is 0.393 e. The molecule has 0 amide bonds. The zero-order valence-electron chi connectivity index (χ0n) is 12.0. The van der Waals surface area contributed by atoms with E-state index in [2.05, 4.69) is 28.0 Å². The summed E-state index contributed by atoms with van der Waals surface area (Å²) < 4.78 is 1.91. The molecule has 0 unspecified atom stereocenters. The summed E-state index contributed by atoms with van der Waals surface area (Å²) in [6.45, 7) is 4.03. The topological polar surface area (TPSA) is 53.7 Å². The second kappa shape index (κ2) is 5.79. The van der Waals surface area contributed by atoms with Crippen LogP contribution in [0.5, 0.6) is 0 Å². The van der Waals surface area contributed by atoms with Crippen LogP contribution in [0.2, 0.25) is 0 Å². The second-order valence-electron chi connectivity index (χ2n) is 5.53. The van der Waals surface area contributed by atoms with Gasteiger partial charge in [-0.25, -0.2) is 4.98 Å². The van der Waals surface area contributed by atoms with Crippen molar-refractivity contribution in [2.24, 2.45) is 0 Å². The van der Waals surface area contributed by atoms with Crippen LogP contribution in [-0.2, 0) is 6.42 Å². The molecule has 3 rings (SSSR count). The van der Waals surface area contributed by atoms with Crippen LogP contribution in [0.25, 0.3) is 5.65 Å². The first-order valence-corrected chi connectivity index (χ1v) is 7.54. The highest BCUT2D eigenvalue weighted by Crippen LogP contribution is 2.21. The monoisotopic (exact) mass is 274 g/mol. The minimum Gasteiger partial charge on any atom is -0.393 e. The maximum atomic E-state index is 9.80. The Balaban J connectivity index is 1.97. The first-order chi connectivity index (χ1) is 9.78. The minimum absolute atomic E-state index is 0.162. The molecule has 0 aromatic carbocycles. The zero-order chi connectivity index (χ0) is 13.9. The van der Waals surface area contributed by atoms with E-state index in [-0.39, 0.29) is 6.10 Å². The van der Waals surface area contributed by atoms with E-state index in [9.17, 15) is 5.11 Å². The van der Waals surface area contributed by atoms with Crippen molar-refractivity contribution in [3.8, 4) is 0 Å². The predicted octanol–water partition coefficient (Wildman–Crippen LogP) is 2.03. The van der Waals surface area contributed by atoms with Crippen molar-refractivity contribution < 1.29 is 5.11 Å². The standard InChI is InChI=1S/C15H22N4O/c1-2-4-12-11-15(19-14(17-12)6-8-16-19)18-9-3-5-13(20)7-10-18/h6,8,11,13,20H,2-5,7,9-10H2,1H3/t13-/m0/s1. The fraction of sp³-hybridized carbons (Fsp3) is 0.600. The number of hydrogen-bond donors (Lipinski definition) is 1. The van der Waals surface area contributed by atoms with Gasteiger partial charge in [-0.3, -0.25) is 0 Å². The number of nitrogens with zero attached hydrogens (tertiary/aromatic N) is 4. The average molecular weight is 274 g/mol. The zero-order valence-corrected chi connectivity index (χ0v) is 12.0. The summed E-state index contributed by atoms with van der Waals surface area (Å²) in [5.41, 5.74) is 2.04. The van der Waals surface area contributed by atoms with Crippen LogP contribution in [0.3, 0.4) is 0 Å². The summed E-state index contributed by atoms with van der Waals surface area (Å²) >= 11 is 0. The lowest BCUT2D eigenvalue weighted by molar-refractivity contribution is 0.161. The summed E-state index contributed by atoms with van der Waals surface area (Å²) in [6, 6.07) is 4.11. The van der Waals surface area contributed by atoms with Crippen molar-refractivity contribution >= 4 is 11.5 Å². The van der Waals surface area contributed by atoms with Gasteiger partial charge in [0, 0.05) is 30.9 Å². The number of rotatable bonds is 3. The highest BCUT2D eigenvalue weighted by Gasteiger charge is 2.18. The molecule has 2 aromatic heterocycles. The molecule has 1 N–H and O–H groups in total. The molecule has 1 aliphatic heterocycles. The number of aryl methyl sites for hydroxylation is 1. The van der Waals surface area contributed by atoms with E-state index in [0.717, 1.165) is 62.4 Å². The number of anilines is 1. The van der Waals surface area contributed by atoms with Gasteiger partial charge in [-0.05, 0) is 25.7 Å². The Morgan fingerprint density at radius 2 is 2.25 bits per heavy atom. The number of aliphatic hydroxyl groups is 1. The van der Waals surface area contributed by atoms with Crippen molar-refractivity contribution in [1.29, 1.82) is 0 Å². The van der Waals surface area contributed by atoms with Gasteiger partial charge in [0.25, 0.3) is 0 Å². The first-order valence-electron chi connectivity index (χ1n) is 7.54. The molecule has 5 heteroatoms. The Morgan fingerprint density at radius 3 is 3.10 bits per heavy atom. The van der Waals surface area contributed by atoms with Crippen molar-refractivity contribution in [2.75, 3.05) is 18.0 Å². The molecule has 5 nitrogen and oxygen atoms in total. The van der Waals surface area contributed by atoms with Crippen LogP contribution < -0.4 is 4.90 Å². The second-order valence-corrected chi connectivity index (χ2v) is 5.53. The molecule has 20 heavy (non-hydrogen) atoms. The number of aliphatic hydroxyl groups excluding tert-OH is 1. The Hall–Kier alpha value is -1.62. The molecule has 1 saturated heterocycles. The molecule has 0 bridgehead atoms. The van der Waals surface area contributed by atoms with E-state index in [1.54, 1.807) is 6.20 Å². The van der Waals surface area contributed by atoms with Crippen LogP contribution >= 0.6 is 0 Å². The first kappa shape index (κ1) is 13.4. The summed E-state index contributed by atoms with van der Waals surface area (Å²) in [4.78, 5) is 6.97. The van der Waals surface area contributed by atoms with E-state index in [1.165, 1.54) is 0 Å². The quantitative estimate of drug-likeness (QED) is 0.930. The number of aromatic nitrogens is 3. The lowest BCUT2D eigenvalue weighted by atomic mass is 10.2. The average Bonchev–Trinajstić information content (AvgIpc) is 2.80. The van der Waals surface area contributed by atoms with Crippen LogP contribution in [0.15, 0.2) is 18.3 Å². The normalized spacial score (nSPS) is 20.3. The van der Waals surface area contributed by atoms with E-state index < -0.39 is 0 Å². The Kier molecular flexibility index (Phi) is 3.87. The summed E-state index contributed by atoms with van der Waals surface area (Å²) in [5.74, 6) is 1.11. The lowest BCUT2D eigenvalue weighted by Crippen LogP contribution is -2.27. The van der Waals surface area contributed by atoms with E-state index in [1.807, 2.05) is 10.6 Å². The van der Waals surface area contributed by atoms with Crippen molar-refractivity contribution in [3.05, 3.63) is 24.0 Å². The Morgan fingerprint density at radius 1 is 1.35 bits per heavy atom. The number of fused-ring (bicyclic) bond motifs is 1. The Bertz CT molecular complexity index is 580. The molecule has 1 aliphatic rings. The molecule has 0 saturated carbocycles. The van der Waals surface area contributed by atoms with Gasteiger partial charge in [0.05, 0.1) is 12.3 Å². The SMILES string of the molecule is CCCc1cc(N2CCC[C@H](O)CC2)n2nccc2n1. The fourth-order valence-corrected chi connectivity index (χ4v) is 2.86. The van der Waals surface area contributed by atoms with Gasteiger partial charge in [-0.15, -0.1) is 0 Å². The molecular formula is C15H22N4O. The molecule has 3 heterocycles. The van der Waals surface area contributed by atoms with Crippen LogP contribution in [0, 0.1) is 0 Å². The van der Waals surface area contributed by atoms with E-state index in [4.69, 9.17) is 0 Å². The molecule has 1 fully saturated rings. The number of hydrogen-bond acceptors (Lipinski definition) is 4. The highest BCUT2D eigenvalue weighted by molar-refractivity contribution is 5.51. The smallest absolute Gasteiger partial charge is 0.157 e. The van der Waals surface area contributed by atoms with Crippen LogP contribution in [0.4, 0.5) is 5.82 Å². The predicted molar refractivity (Wildman–Crippen MR) is 79.1 cm³/mol. The van der Waals surface area contributed by atoms with Gasteiger partial charge >= 0.3 is 0 Å². The van der Waals surface area contributed by atoms with Crippen LogP contribution in [0.1, 0.15) is 38.3 Å². The fourth-order valence-electron chi connectivity index (χ4n) is 2.86. The van der Waals surface area contributed by atoms with Gasteiger partial charge in [0.2, 0.25) is 0 Å². The Labute approximate surface area is 119 Å². The molecule has 1 atom stereocenters. The molecule has 2 aromatic rings. The molecule has 0 aliphatic carbocycles. The molecule has 0 radical (unpaired) electrons. The summed E-state index contributed by atoms with van der Waals surface area (Å²) in [6.07, 6.45) is 6.47. The van der Waals surface area contributed by atoms with E-state index in [0.29, 0.717) is 0 Å². The van der Waals surface area contributed by atoms with Gasteiger partial charge in [0.1, 0.15) is 5.82 Å². The lowest BCUT2D eigenvalue weighted by Gasteiger charge is -2.23. The van der Waals surface area contributed by atoms with Crippen LogP contribution in [-0.4, -0.2) is 38.9 Å². The minimum atomic E-state index is -0.162. The summed E-state index contributed by atoms with van der Waals surface area (Å²) in [7, 11) is 0. The van der Waals surface area contributed by atoms with Gasteiger partial charge < -0.3 is 10.0 Å². The third kappa shape index (κ3) is 2.63. The third-order valence-electron chi connectivity index (χ3n) is 3.92. The molecule has 0 spiro atoms. The van der Waals surface area contributed by atoms with Crippen molar-refractivity contribution in [2.45, 2.75) is 45.1 Å². The van der Waals surface area contributed by atoms with Gasteiger partial charge in [0.15, 0.2) is 5.65 Å².